The fourth-order valence-electron chi connectivity index (χ4n) is 2.31. The summed E-state index contributed by atoms with van der Waals surface area (Å²) in [6.07, 6.45) is -0.143. The van der Waals surface area contributed by atoms with Crippen LogP contribution in [-0.4, -0.2) is 31.7 Å². The summed E-state index contributed by atoms with van der Waals surface area (Å²) in [5, 5.41) is 2.52. The van der Waals surface area contributed by atoms with Crippen molar-refractivity contribution >= 4 is 29.2 Å². The normalized spacial score (nSPS) is 10.5. The largest absolute Gasteiger partial charge is 0.493 e. The molecule has 8 heteroatoms. The van der Waals surface area contributed by atoms with Crippen molar-refractivity contribution in [1.82, 2.24) is 0 Å². The fraction of sp³-hybridized carbons (Fsp3) is 0.300. The number of benzene rings is 2. The highest BCUT2D eigenvalue weighted by molar-refractivity contribution is 6.32. The second-order valence-corrected chi connectivity index (χ2v) is 6.67. The predicted octanol–water partition coefficient (Wildman–Crippen LogP) is 4.38. The quantitative estimate of drug-likeness (QED) is 0.687. The summed E-state index contributed by atoms with van der Waals surface area (Å²) in [5.74, 6) is -1.45. The van der Waals surface area contributed by atoms with E-state index in [0.717, 1.165) is 5.56 Å². The van der Waals surface area contributed by atoms with Gasteiger partial charge in [-0.2, -0.15) is 0 Å². The number of nitrogens with one attached hydrogen (secondary N) is 1. The number of methoxy groups -OCH3 is 1. The lowest BCUT2D eigenvalue weighted by atomic mass is 10.2. The van der Waals surface area contributed by atoms with Crippen molar-refractivity contribution in [3.8, 4) is 11.5 Å². The van der Waals surface area contributed by atoms with Gasteiger partial charge in [-0.15, -0.1) is 0 Å². The summed E-state index contributed by atoms with van der Waals surface area (Å²) in [6.45, 7) is 4.80. The number of rotatable bonds is 7. The van der Waals surface area contributed by atoms with Crippen LogP contribution in [0.25, 0.3) is 0 Å². The van der Waals surface area contributed by atoms with Crippen molar-refractivity contribution in [3.63, 3.8) is 0 Å². The minimum absolute atomic E-state index is 0.00606. The highest BCUT2D eigenvalue weighted by Crippen LogP contribution is 2.37. The van der Waals surface area contributed by atoms with Gasteiger partial charge in [0.15, 0.2) is 18.1 Å². The maximum absolute atomic E-state index is 13.8. The average molecular weight is 410 g/mol. The summed E-state index contributed by atoms with van der Waals surface area (Å²) < 4.78 is 29.5. The third-order valence-electron chi connectivity index (χ3n) is 3.55. The molecule has 0 saturated heterocycles. The van der Waals surface area contributed by atoms with Crippen molar-refractivity contribution in [2.75, 3.05) is 19.0 Å². The predicted molar refractivity (Wildman–Crippen MR) is 104 cm³/mol. The van der Waals surface area contributed by atoms with Crippen LogP contribution in [-0.2, 0) is 9.53 Å². The van der Waals surface area contributed by atoms with Gasteiger partial charge in [0.25, 0.3) is 5.91 Å². The third kappa shape index (κ3) is 5.60. The van der Waals surface area contributed by atoms with Crippen LogP contribution in [0.2, 0.25) is 5.02 Å². The van der Waals surface area contributed by atoms with Gasteiger partial charge in [-0.05, 0) is 50.6 Å². The molecule has 0 bridgehead atoms. The van der Waals surface area contributed by atoms with E-state index in [1.807, 2.05) is 13.8 Å². The van der Waals surface area contributed by atoms with E-state index in [9.17, 15) is 14.0 Å². The van der Waals surface area contributed by atoms with E-state index in [1.54, 1.807) is 13.0 Å². The molecule has 6 nitrogen and oxygen atoms in total. The zero-order valence-electron chi connectivity index (χ0n) is 16.0. The number of aryl methyl sites for hydroxylation is 1. The molecule has 1 amide bonds. The third-order valence-corrected chi connectivity index (χ3v) is 3.83. The Morgan fingerprint density at radius 1 is 1.21 bits per heavy atom. The molecule has 0 heterocycles. The molecule has 0 unspecified atom stereocenters. The van der Waals surface area contributed by atoms with Crippen molar-refractivity contribution in [2.24, 2.45) is 0 Å². The van der Waals surface area contributed by atoms with Crippen LogP contribution in [0.4, 0.5) is 10.1 Å². The van der Waals surface area contributed by atoms with E-state index in [-0.39, 0.29) is 28.1 Å². The van der Waals surface area contributed by atoms with E-state index in [2.05, 4.69) is 5.32 Å². The van der Waals surface area contributed by atoms with Gasteiger partial charge in [0, 0.05) is 0 Å². The monoisotopic (exact) mass is 409 g/mol. The van der Waals surface area contributed by atoms with E-state index >= 15 is 0 Å². The SMILES string of the molecule is COc1cc(C(=O)OCC(=O)Nc2ccc(C)cc2F)cc(Cl)c1OC(C)C. The highest BCUT2D eigenvalue weighted by Gasteiger charge is 2.19. The Kier molecular flexibility index (Phi) is 7.23. The summed E-state index contributed by atoms with van der Waals surface area (Å²) >= 11 is 6.17. The van der Waals surface area contributed by atoms with Crippen LogP contribution in [0.3, 0.4) is 0 Å². The second kappa shape index (κ2) is 9.41. The molecule has 0 saturated carbocycles. The Morgan fingerprint density at radius 2 is 1.93 bits per heavy atom. The zero-order valence-corrected chi connectivity index (χ0v) is 16.7. The van der Waals surface area contributed by atoms with Crippen molar-refractivity contribution in [3.05, 3.63) is 52.3 Å². The molecule has 0 spiro atoms. The Labute approximate surface area is 167 Å². The van der Waals surface area contributed by atoms with Crippen LogP contribution in [0.1, 0.15) is 29.8 Å². The maximum atomic E-state index is 13.8. The minimum atomic E-state index is -0.782. The molecule has 2 aromatic carbocycles. The molecule has 0 aliphatic rings. The standard InChI is InChI=1S/C20H21ClFNO5/c1-11(2)28-19-14(21)8-13(9-17(19)26-4)20(25)27-10-18(24)23-16-6-5-12(3)7-15(16)22/h5-9,11H,10H2,1-4H3,(H,23,24). The van der Waals surface area contributed by atoms with Crippen molar-refractivity contribution in [2.45, 2.75) is 26.9 Å². The van der Waals surface area contributed by atoms with Gasteiger partial charge < -0.3 is 19.5 Å². The number of amides is 1. The molecule has 0 aliphatic heterocycles. The van der Waals surface area contributed by atoms with E-state index in [0.29, 0.717) is 5.75 Å². The van der Waals surface area contributed by atoms with Gasteiger partial charge >= 0.3 is 5.97 Å². The van der Waals surface area contributed by atoms with Crippen molar-refractivity contribution < 1.29 is 28.2 Å². The first kappa shape index (κ1) is 21.5. The van der Waals surface area contributed by atoms with Gasteiger partial charge in [-0.25, -0.2) is 9.18 Å². The van der Waals surface area contributed by atoms with Crippen LogP contribution in [0.5, 0.6) is 11.5 Å². The fourth-order valence-corrected chi connectivity index (χ4v) is 2.57. The molecule has 1 N–H and O–H groups in total. The van der Waals surface area contributed by atoms with Crippen LogP contribution in [0.15, 0.2) is 30.3 Å². The first-order valence-corrected chi connectivity index (χ1v) is 8.86. The number of halogens is 2. The van der Waals surface area contributed by atoms with Gasteiger partial charge in [-0.3, -0.25) is 4.79 Å². The van der Waals surface area contributed by atoms with Gasteiger partial charge in [0.1, 0.15) is 5.82 Å². The summed E-state index contributed by atoms with van der Waals surface area (Å²) in [7, 11) is 1.41. The lowest BCUT2D eigenvalue weighted by Crippen LogP contribution is -2.21. The number of hydrogen-bond donors (Lipinski definition) is 1. The number of carbonyl (C=O) groups excluding carboxylic acids is 2. The Balaban J connectivity index is 2.04. The van der Waals surface area contributed by atoms with Crippen LogP contribution >= 0.6 is 11.6 Å². The molecular weight excluding hydrogens is 389 g/mol. The maximum Gasteiger partial charge on any atom is 0.338 e. The van der Waals surface area contributed by atoms with E-state index in [4.69, 9.17) is 25.8 Å². The van der Waals surface area contributed by atoms with E-state index < -0.39 is 24.3 Å². The molecule has 0 aliphatic carbocycles. The Hall–Kier alpha value is -2.80. The topological polar surface area (TPSA) is 73.9 Å². The van der Waals surface area contributed by atoms with Gasteiger partial charge in [0.2, 0.25) is 0 Å². The molecular formula is C20H21ClFNO5. The molecule has 2 rings (SSSR count). The summed E-state index contributed by atoms with van der Waals surface area (Å²) in [5.41, 5.74) is 0.816. The van der Waals surface area contributed by atoms with Gasteiger partial charge in [-0.1, -0.05) is 17.7 Å². The summed E-state index contributed by atoms with van der Waals surface area (Å²) in [6, 6.07) is 7.14. The van der Waals surface area contributed by atoms with Crippen molar-refractivity contribution in [1.29, 1.82) is 0 Å². The van der Waals surface area contributed by atoms with Crippen LogP contribution < -0.4 is 14.8 Å². The first-order chi connectivity index (χ1) is 13.2. The average Bonchev–Trinajstić information content (AvgIpc) is 2.63. The lowest BCUT2D eigenvalue weighted by Gasteiger charge is -2.16. The number of ether oxygens (including phenoxy) is 3. The number of hydrogen-bond acceptors (Lipinski definition) is 5. The Bertz CT molecular complexity index is 885. The summed E-state index contributed by atoms with van der Waals surface area (Å²) in [4.78, 5) is 24.2. The van der Waals surface area contributed by atoms with E-state index in [1.165, 1.54) is 31.4 Å². The molecule has 0 radical (unpaired) electrons. The Morgan fingerprint density at radius 3 is 2.54 bits per heavy atom. The first-order valence-electron chi connectivity index (χ1n) is 8.48. The smallest absolute Gasteiger partial charge is 0.338 e. The molecule has 0 atom stereocenters. The highest BCUT2D eigenvalue weighted by atomic mass is 35.5. The lowest BCUT2D eigenvalue weighted by molar-refractivity contribution is -0.119. The number of esters is 1. The van der Waals surface area contributed by atoms with Crippen LogP contribution in [0, 0.1) is 12.7 Å². The molecule has 2 aromatic rings. The minimum Gasteiger partial charge on any atom is -0.493 e. The number of carbonyl (C=O) groups is 2. The molecule has 0 fully saturated rings. The second-order valence-electron chi connectivity index (χ2n) is 6.26. The molecule has 0 aromatic heterocycles. The number of anilines is 1. The zero-order chi connectivity index (χ0) is 20.8. The molecule has 28 heavy (non-hydrogen) atoms. The van der Waals surface area contributed by atoms with Gasteiger partial charge in [0.05, 0.1) is 29.5 Å². The molecule has 150 valence electrons.